The second kappa shape index (κ2) is 3.72. The molecule has 5 rings (SSSR count). The van der Waals surface area contributed by atoms with E-state index in [0.29, 0.717) is 23.0 Å². The molecule has 0 aromatic heterocycles. The second-order valence-electron chi connectivity index (χ2n) is 8.94. The highest BCUT2D eigenvalue weighted by Gasteiger charge is 2.67. The van der Waals surface area contributed by atoms with Gasteiger partial charge in [-0.25, -0.2) is 0 Å². The Morgan fingerprint density at radius 1 is 1.00 bits per heavy atom. The number of allylic oxidation sites excluding steroid dienone is 2. The minimum Gasteiger partial charge on any atom is -0.369 e. The quantitative estimate of drug-likeness (QED) is 0.465. The fourth-order valence-corrected chi connectivity index (χ4v) is 7.14. The van der Waals surface area contributed by atoms with Crippen molar-refractivity contribution in [2.45, 2.75) is 71.0 Å². The standard InChI is InChI=1S/C19H28O/c1-18-9-4-3-5-12(18)6-7-13-14(18)8-10-19(2)15(13)11-16-17(19)20-16/h3-4,12-17H,5-11H2,1-2H3/t12?,13-,14-,15+,16?,17?,18+,19+/m1/s1. The molecule has 0 radical (unpaired) electrons. The van der Waals surface area contributed by atoms with Crippen molar-refractivity contribution in [2.75, 3.05) is 0 Å². The SMILES string of the molecule is C[C@]12CC=CCC1CC[C@@H]1[C@H]2CC[C@]2(C)C3OC3C[C@@H]12. The van der Waals surface area contributed by atoms with Crippen LogP contribution in [0.2, 0.25) is 0 Å². The topological polar surface area (TPSA) is 12.5 Å². The fraction of sp³-hybridized carbons (Fsp3) is 0.895. The van der Waals surface area contributed by atoms with Gasteiger partial charge in [0.05, 0.1) is 12.2 Å². The lowest BCUT2D eigenvalue weighted by Gasteiger charge is -2.59. The molecule has 4 fully saturated rings. The Labute approximate surface area is 123 Å². The number of hydrogen-bond acceptors (Lipinski definition) is 1. The third-order valence-corrected chi connectivity index (χ3v) is 8.37. The van der Waals surface area contributed by atoms with E-state index in [-0.39, 0.29) is 0 Å². The van der Waals surface area contributed by atoms with Crippen molar-refractivity contribution in [3.8, 4) is 0 Å². The Bertz CT molecular complexity index is 468. The maximum atomic E-state index is 5.93. The van der Waals surface area contributed by atoms with Crippen LogP contribution in [0.25, 0.3) is 0 Å². The molecule has 5 aliphatic rings. The highest BCUT2D eigenvalue weighted by molar-refractivity contribution is 5.17. The number of hydrogen-bond donors (Lipinski definition) is 0. The molecule has 0 spiro atoms. The van der Waals surface area contributed by atoms with E-state index >= 15 is 0 Å². The highest BCUT2D eigenvalue weighted by atomic mass is 16.6. The first-order valence-electron chi connectivity index (χ1n) is 8.93. The van der Waals surface area contributed by atoms with Crippen LogP contribution in [0.1, 0.15) is 58.8 Å². The summed E-state index contributed by atoms with van der Waals surface area (Å²) in [6, 6.07) is 0. The zero-order valence-corrected chi connectivity index (χ0v) is 13.0. The van der Waals surface area contributed by atoms with E-state index < -0.39 is 0 Å². The van der Waals surface area contributed by atoms with E-state index in [2.05, 4.69) is 26.0 Å². The van der Waals surface area contributed by atoms with Crippen LogP contribution in [-0.4, -0.2) is 12.2 Å². The molecule has 3 unspecified atom stereocenters. The van der Waals surface area contributed by atoms with Crippen molar-refractivity contribution in [1.82, 2.24) is 0 Å². The second-order valence-corrected chi connectivity index (χ2v) is 8.94. The van der Waals surface area contributed by atoms with Gasteiger partial charge in [-0.05, 0) is 79.4 Å². The molecule has 0 bridgehead atoms. The van der Waals surface area contributed by atoms with Crippen LogP contribution < -0.4 is 0 Å². The zero-order chi connectivity index (χ0) is 13.5. The molecule has 0 N–H and O–H groups in total. The van der Waals surface area contributed by atoms with Gasteiger partial charge in [-0.3, -0.25) is 0 Å². The van der Waals surface area contributed by atoms with Crippen molar-refractivity contribution in [1.29, 1.82) is 0 Å². The Morgan fingerprint density at radius 2 is 1.90 bits per heavy atom. The Morgan fingerprint density at radius 3 is 2.80 bits per heavy atom. The van der Waals surface area contributed by atoms with Crippen molar-refractivity contribution in [2.24, 2.45) is 34.5 Å². The predicted molar refractivity (Wildman–Crippen MR) is 80.3 cm³/mol. The monoisotopic (exact) mass is 272 g/mol. The lowest BCUT2D eigenvalue weighted by molar-refractivity contribution is -0.104. The van der Waals surface area contributed by atoms with Crippen LogP contribution in [0, 0.1) is 34.5 Å². The van der Waals surface area contributed by atoms with Crippen LogP contribution in [0.15, 0.2) is 12.2 Å². The van der Waals surface area contributed by atoms with E-state index in [1.807, 2.05) is 0 Å². The van der Waals surface area contributed by atoms with Gasteiger partial charge in [0.2, 0.25) is 0 Å². The number of rotatable bonds is 0. The lowest BCUT2D eigenvalue weighted by atomic mass is 9.46. The first-order valence-corrected chi connectivity index (χ1v) is 8.93. The number of epoxide rings is 1. The number of ether oxygens (including phenoxy) is 1. The summed E-state index contributed by atoms with van der Waals surface area (Å²) in [5.74, 6) is 3.97. The minimum absolute atomic E-state index is 0.541. The lowest BCUT2D eigenvalue weighted by Crippen LogP contribution is -2.52. The molecule has 20 heavy (non-hydrogen) atoms. The van der Waals surface area contributed by atoms with Gasteiger partial charge in [-0.2, -0.15) is 0 Å². The Hall–Kier alpha value is -0.300. The Balaban J connectivity index is 1.50. The van der Waals surface area contributed by atoms with Gasteiger partial charge in [0.25, 0.3) is 0 Å². The molecule has 4 aliphatic carbocycles. The van der Waals surface area contributed by atoms with Crippen LogP contribution in [0.4, 0.5) is 0 Å². The molecule has 1 heterocycles. The average molecular weight is 272 g/mol. The van der Waals surface area contributed by atoms with Gasteiger partial charge in [-0.1, -0.05) is 26.0 Å². The summed E-state index contributed by atoms with van der Waals surface area (Å²) in [7, 11) is 0. The summed E-state index contributed by atoms with van der Waals surface area (Å²) in [5, 5.41) is 0. The fourth-order valence-electron chi connectivity index (χ4n) is 7.14. The van der Waals surface area contributed by atoms with Crippen molar-refractivity contribution in [3.05, 3.63) is 12.2 Å². The normalized spacial score (nSPS) is 63.1. The smallest absolute Gasteiger partial charge is 0.0898 e. The minimum atomic E-state index is 0.541. The van der Waals surface area contributed by atoms with Crippen molar-refractivity contribution in [3.63, 3.8) is 0 Å². The van der Waals surface area contributed by atoms with Gasteiger partial charge >= 0.3 is 0 Å². The van der Waals surface area contributed by atoms with E-state index in [9.17, 15) is 0 Å². The summed E-state index contributed by atoms with van der Waals surface area (Å²) < 4.78 is 5.93. The first kappa shape index (κ1) is 12.3. The Kier molecular flexibility index (Phi) is 2.28. The van der Waals surface area contributed by atoms with Crippen LogP contribution in [0.5, 0.6) is 0 Å². The van der Waals surface area contributed by atoms with E-state index in [1.54, 1.807) is 0 Å². The first-order chi connectivity index (χ1) is 9.63. The van der Waals surface area contributed by atoms with Crippen molar-refractivity contribution >= 4 is 0 Å². The summed E-state index contributed by atoms with van der Waals surface area (Å²) in [5.41, 5.74) is 1.16. The maximum Gasteiger partial charge on any atom is 0.0898 e. The average Bonchev–Trinajstić information content (AvgIpc) is 3.16. The molecule has 3 saturated carbocycles. The zero-order valence-electron chi connectivity index (χ0n) is 13.0. The van der Waals surface area contributed by atoms with E-state index in [0.717, 1.165) is 23.7 Å². The summed E-state index contributed by atoms with van der Waals surface area (Å²) in [4.78, 5) is 0. The third-order valence-electron chi connectivity index (χ3n) is 8.37. The van der Waals surface area contributed by atoms with Crippen LogP contribution in [0.3, 0.4) is 0 Å². The van der Waals surface area contributed by atoms with Gasteiger partial charge in [0, 0.05) is 0 Å². The van der Waals surface area contributed by atoms with Gasteiger partial charge < -0.3 is 4.74 Å². The third kappa shape index (κ3) is 1.34. The summed E-state index contributed by atoms with van der Waals surface area (Å²) in [6.45, 7) is 5.19. The summed E-state index contributed by atoms with van der Waals surface area (Å²) >= 11 is 0. The van der Waals surface area contributed by atoms with E-state index in [1.165, 1.54) is 44.9 Å². The highest BCUT2D eigenvalue weighted by Crippen LogP contribution is 2.69. The number of fused-ring (bicyclic) bond motifs is 7. The molecular formula is C19H28O. The predicted octanol–water partition coefficient (Wildman–Crippen LogP) is 4.57. The van der Waals surface area contributed by atoms with Crippen LogP contribution in [-0.2, 0) is 4.74 Å². The van der Waals surface area contributed by atoms with Crippen molar-refractivity contribution < 1.29 is 4.74 Å². The molecule has 8 atom stereocenters. The summed E-state index contributed by atoms with van der Waals surface area (Å²) in [6.07, 6.45) is 16.3. The van der Waals surface area contributed by atoms with Gasteiger partial charge in [0.15, 0.2) is 0 Å². The molecule has 0 aromatic carbocycles. The molecule has 1 heteroatoms. The van der Waals surface area contributed by atoms with E-state index in [4.69, 9.17) is 4.74 Å². The van der Waals surface area contributed by atoms with Gasteiger partial charge in [0.1, 0.15) is 0 Å². The molecular weight excluding hydrogens is 244 g/mol. The molecule has 1 nitrogen and oxygen atoms in total. The molecule has 110 valence electrons. The van der Waals surface area contributed by atoms with Gasteiger partial charge in [-0.15, -0.1) is 0 Å². The molecule has 0 amide bonds. The largest absolute Gasteiger partial charge is 0.369 e. The maximum absolute atomic E-state index is 5.93. The molecule has 0 aromatic rings. The van der Waals surface area contributed by atoms with Crippen LogP contribution >= 0.6 is 0 Å². The molecule has 1 aliphatic heterocycles. The molecule has 1 saturated heterocycles.